The second-order valence-corrected chi connectivity index (χ2v) is 3.05. The van der Waals surface area contributed by atoms with E-state index in [1.54, 1.807) is 0 Å². The fourth-order valence-corrected chi connectivity index (χ4v) is 0.762. The maximum atomic E-state index is 10.3. The predicted octanol–water partition coefficient (Wildman–Crippen LogP) is -0.893. The number of rotatable bonds is 2. The van der Waals surface area contributed by atoms with Gasteiger partial charge in [0, 0.05) is 0 Å². The van der Waals surface area contributed by atoms with Crippen molar-refractivity contribution < 1.29 is 18.3 Å². The molecule has 56 valence electrons. The van der Waals surface area contributed by atoms with Gasteiger partial charge >= 0.3 is 6.09 Å². The van der Waals surface area contributed by atoms with Crippen LogP contribution in [0.1, 0.15) is 0 Å². The number of sulfonamides is 1. The number of hydrogen-bond acceptors (Lipinski definition) is 4. The standard InChI is InChI=1S/C3H4N2O4S/c4-1-2-10(8,9)5-3(6)7/h5H,2H2,(H,6,7). The molecule has 0 saturated carbocycles. The van der Waals surface area contributed by atoms with Crippen LogP contribution in [0.5, 0.6) is 0 Å². The molecule has 6 nitrogen and oxygen atoms in total. The van der Waals surface area contributed by atoms with Crippen molar-refractivity contribution in [3.05, 3.63) is 0 Å². The first kappa shape index (κ1) is 8.71. The SMILES string of the molecule is N#CCS(=O)(=O)NC(=O)O. The minimum absolute atomic E-state index is 0.848. The Labute approximate surface area is 57.1 Å². The lowest BCUT2D eigenvalue weighted by Crippen LogP contribution is -2.30. The molecule has 0 rings (SSSR count). The summed E-state index contributed by atoms with van der Waals surface area (Å²) in [6.45, 7) is 0. The smallest absolute Gasteiger partial charge is 0.418 e. The number of carbonyl (C=O) groups is 1. The van der Waals surface area contributed by atoms with E-state index in [2.05, 4.69) is 0 Å². The highest BCUT2D eigenvalue weighted by atomic mass is 32.2. The molecule has 0 fully saturated rings. The van der Waals surface area contributed by atoms with E-state index in [0.29, 0.717) is 0 Å². The third kappa shape index (κ3) is 3.68. The van der Waals surface area contributed by atoms with Gasteiger partial charge in [0.05, 0.1) is 6.07 Å². The summed E-state index contributed by atoms with van der Waals surface area (Å²) in [5.41, 5.74) is 0. The molecule has 0 aliphatic rings. The summed E-state index contributed by atoms with van der Waals surface area (Å²) in [6, 6.07) is 1.30. The summed E-state index contributed by atoms with van der Waals surface area (Å²) in [4.78, 5) is 9.69. The molecule has 1 amide bonds. The van der Waals surface area contributed by atoms with Crippen LogP contribution in [-0.4, -0.2) is 25.4 Å². The molecule has 0 aromatic rings. The summed E-state index contributed by atoms with van der Waals surface area (Å²) in [7, 11) is -3.94. The summed E-state index contributed by atoms with van der Waals surface area (Å²) >= 11 is 0. The van der Waals surface area contributed by atoms with E-state index < -0.39 is 21.9 Å². The van der Waals surface area contributed by atoms with E-state index in [9.17, 15) is 13.2 Å². The Morgan fingerprint density at radius 2 is 2.20 bits per heavy atom. The van der Waals surface area contributed by atoms with Crippen molar-refractivity contribution in [1.82, 2.24) is 4.72 Å². The van der Waals surface area contributed by atoms with E-state index in [1.807, 2.05) is 0 Å². The highest BCUT2D eigenvalue weighted by molar-refractivity contribution is 7.90. The van der Waals surface area contributed by atoms with Crippen LogP contribution < -0.4 is 4.72 Å². The van der Waals surface area contributed by atoms with Gasteiger partial charge in [-0.05, 0) is 0 Å². The highest BCUT2D eigenvalue weighted by Crippen LogP contribution is 1.80. The van der Waals surface area contributed by atoms with E-state index in [1.165, 1.54) is 10.8 Å². The van der Waals surface area contributed by atoms with Gasteiger partial charge in [-0.3, -0.25) is 0 Å². The van der Waals surface area contributed by atoms with Gasteiger partial charge in [0.25, 0.3) is 10.0 Å². The molecule has 0 aromatic heterocycles. The first-order valence-corrected chi connectivity index (χ1v) is 3.73. The van der Waals surface area contributed by atoms with Crippen molar-refractivity contribution in [2.75, 3.05) is 5.75 Å². The first-order chi connectivity index (χ1) is 4.48. The van der Waals surface area contributed by atoms with Crippen LogP contribution in [-0.2, 0) is 10.0 Å². The van der Waals surface area contributed by atoms with E-state index in [0.717, 1.165) is 0 Å². The molecule has 0 bridgehead atoms. The molecule has 0 aromatic carbocycles. The summed E-state index contributed by atoms with van der Waals surface area (Å²) in [6.07, 6.45) is -1.68. The summed E-state index contributed by atoms with van der Waals surface area (Å²) in [5, 5.41) is 15.7. The second-order valence-electron chi connectivity index (χ2n) is 1.32. The van der Waals surface area contributed by atoms with Gasteiger partial charge in [-0.1, -0.05) is 0 Å². The van der Waals surface area contributed by atoms with E-state index in [4.69, 9.17) is 10.4 Å². The fourth-order valence-electron chi connectivity index (χ4n) is 0.254. The first-order valence-electron chi connectivity index (χ1n) is 2.08. The second kappa shape index (κ2) is 3.03. The predicted molar refractivity (Wildman–Crippen MR) is 30.6 cm³/mol. The molecule has 0 atom stereocenters. The molecule has 0 aliphatic carbocycles. The summed E-state index contributed by atoms with van der Waals surface area (Å²) in [5.74, 6) is -0.848. The Bertz CT molecular complexity index is 261. The fraction of sp³-hybridized carbons (Fsp3) is 0.333. The van der Waals surface area contributed by atoms with Gasteiger partial charge in [-0.15, -0.1) is 0 Å². The molecule has 0 radical (unpaired) electrons. The monoisotopic (exact) mass is 164 g/mol. The van der Waals surface area contributed by atoms with Gasteiger partial charge in [-0.2, -0.15) is 5.26 Å². The number of nitrogens with zero attached hydrogens (tertiary/aromatic N) is 1. The number of carboxylic acid groups (broad SMARTS) is 1. The lowest BCUT2D eigenvalue weighted by atomic mass is 10.9. The van der Waals surface area contributed by atoms with Gasteiger partial charge in [0.2, 0.25) is 0 Å². The maximum absolute atomic E-state index is 10.3. The van der Waals surface area contributed by atoms with Crippen molar-refractivity contribution in [2.45, 2.75) is 0 Å². The Morgan fingerprint density at radius 3 is 2.50 bits per heavy atom. The van der Waals surface area contributed by atoms with Crippen molar-refractivity contribution in [3.63, 3.8) is 0 Å². The van der Waals surface area contributed by atoms with Crippen molar-refractivity contribution in [2.24, 2.45) is 0 Å². The Morgan fingerprint density at radius 1 is 1.70 bits per heavy atom. The number of nitriles is 1. The molecular formula is C3H4N2O4S. The highest BCUT2D eigenvalue weighted by Gasteiger charge is 2.11. The molecule has 0 heterocycles. The van der Waals surface area contributed by atoms with Gasteiger partial charge in [-0.25, -0.2) is 17.9 Å². The van der Waals surface area contributed by atoms with Crippen molar-refractivity contribution in [1.29, 1.82) is 5.26 Å². The van der Waals surface area contributed by atoms with E-state index >= 15 is 0 Å². The number of hydrogen-bond donors (Lipinski definition) is 2. The molecule has 0 unspecified atom stereocenters. The normalized spacial score (nSPS) is 9.90. The van der Waals surface area contributed by atoms with Crippen LogP contribution in [0.4, 0.5) is 4.79 Å². The largest absolute Gasteiger partial charge is 0.464 e. The molecule has 10 heavy (non-hydrogen) atoms. The Balaban J connectivity index is 4.19. The van der Waals surface area contributed by atoms with E-state index in [-0.39, 0.29) is 0 Å². The zero-order valence-electron chi connectivity index (χ0n) is 4.73. The Hall–Kier alpha value is -1.29. The lowest BCUT2D eigenvalue weighted by molar-refractivity contribution is 0.201. The average Bonchev–Trinajstić information content (AvgIpc) is 1.59. The Kier molecular flexibility index (Phi) is 2.64. The average molecular weight is 164 g/mol. The third-order valence-corrected chi connectivity index (χ3v) is 1.49. The molecule has 0 spiro atoms. The number of amides is 1. The van der Waals surface area contributed by atoms with Crippen LogP contribution in [0, 0.1) is 11.3 Å². The molecule has 0 aliphatic heterocycles. The van der Waals surface area contributed by atoms with Crippen molar-refractivity contribution in [3.8, 4) is 6.07 Å². The van der Waals surface area contributed by atoms with Crippen LogP contribution in [0.25, 0.3) is 0 Å². The molecule has 2 N–H and O–H groups in total. The molecule has 0 saturated heterocycles. The van der Waals surface area contributed by atoms with Gasteiger partial charge in [0.15, 0.2) is 5.75 Å². The molecular weight excluding hydrogens is 160 g/mol. The quantitative estimate of drug-likeness (QED) is 0.550. The molecule has 7 heteroatoms. The van der Waals surface area contributed by atoms with Gasteiger partial charge in [0.1, 0.15) is 0 Å². The number of nitrogens with one attached hydrogen (secondary N) is 1. The lowest BCUT2D eigenvalue weighted by Gasteiger charge is -1.95. The van der Waals surface area contributed by atoms with Crippen LogP contribution in [0.2, 0.25) is 0 Å². The zero-order valence-corrected chi connectivity index (χ0v) is 5.55. The van der Waals surface area contributed by atoms with Gasteiger partial charge < -0.3 is 5.11 Å². The third-order valence-electron chi connectivity index (χ3n) is 0.497. The van der Waals surface area contributed by atoms with Crippen LogP contribution in [0.15, 0.2) is 0 Å². The zero-order chi connectivity index (χ0) is 8.20. The topological polar surface area (TPSA) is 107 Å². The van der Waals surface area contributed by atoms with Crippen LogP contribution >= 0.6 is 0 Å². The minimum atomic E-state index is -3.94. The summed E-state index contributed by atoms with van der Waals surface area (Å²) < 4.78 is 21.8. The minimum Gasteiger partial charge on any atom is -0.464 e. The van der Waals surface area contributed by atoms with Crippen molar-refractivity contribution >= 4 is 16.1 Å². The maximum Gasteiger partial charge on any atom is 0.418 e. The van der Waals surface area contributed by atoms with Crippen LogP contribution in [0.3, 0.4) is 0 Å².